The molecule has 2 atom stereocenters. The van der Waals surface area contributed by atoms with Gasteiger partial charge in [0.05, 0.1) is 18.5 Å². The van der Waals surface area contributed by atoms with Gasteiger partial charge in [-0.2, -0.15) is 0 Å². The van der Waals surface area contributed by atoms with Crippen molar-refractivity contribution in [2.24, 2.45) is 0 Å². The average molecular weight is 191 g/mol. The van der Waals surface area contributed by atoms with Gasteiger partial charge in [-0.1, -0.05) is 5.92 Å². The molecule has 68 valence electrons. The van der Waals surface area contributed by atoms with Crippen LogP contribution in [0.4, 0.5) is 0 Å². The highest BCUT2D eigenvalue weighted by Gasteiger charge is 2.17. The number of hydrogen-bond acceptors (Lipinski definition) is 5. The summed E-state index contributed by atoms with van der Waals surface area (Å²) in [5, 5.41) is 0. The molecule has 0 amide bonds. The SMILES string of the molecule is CC#CC(OS(=O)[O-])C(=O)OC. The van der Waals surface area contributed by atoms with Gasteiger partial charge in [0, 0.05) is 0 Å². The van der Waals surface area contributed by atoms with Gasteiger partial charge in [-0.25, -0.2) is 9.00 Å². The zero-order valence-electron chi connectivity index (χ0n) is 6.53. The number of methoxy groups -OCH3 is 1. The highest BCUT2D eigenvalue weighted by Crippen LogP contribution is 1.95. The van der Waals surface area contributed by atoms with Crippen LogP contribution < -0.4 is 0 Å². The van der Waals surface area contributed by atoms with Crippen molar-refractivity contribution in [2.75, 3.05) is 7.11 Å². The van der Waals surface area contributed by atoms with Gasteiger partial charge in [-0.15, -0.1) is 5.92 Å². The maximum atomic E-state index is 10.7. The third-order valence-electron chi connectivity index (χ3n) is 0.865. The summed E-state index contributed by atoms with van der Waals surface area (Å²) < 4.78 is 28.4. The zero-order valence-corrected chi connectivity index (χ0v) is 7.34. The number of esters is 1. The molecule has 0 radical (unpaired) electrons. The quantitative estimate of drug-likeness (QED) is 0.337. The second kappa shape index (κ2) is 5.71. The normalized spacial score (nSPS) is 13.9. The van der Waals surface area contributed by atoms with Crippen molar-refractivity contribution in [1.82, 2.24) is 0 Å². The first-order valence-electron chi connectivity index (χ1n) is 2.88. The van der Waals surface area contributed by atoms with Crippen LogP contribution in [0.5, 0.6) is 0 Å². The molecule has 0 N–H and O–H groups in total. The van der Waals surface area contributed by atoms with Gasteiger partial charge < -0.3 is 9.29 Å². The summed E-state index contributed by atoms with van der Waals surface area (Å²) in [4.78, 5) is 10.7. The van der Waals surface area contributed by atoms with E-state index in [-0.39, 0.29) is 0 Å². The van der Waals surface area contributed by atoms with E-state index in [4.69, 9.17) is 0 Å². The molecule has 5 nitrogen and oxygen atoms in total. The minimum Gasteiger partial charge on any atom is -0.750 e. The van der Waals surface area contributed by atoms with Gasteiger partial charge in [0.2, 0.25) is 6.10 Å². The first-order chi connectivity index (χ1) is 5.61. The molecule has 0 saturated carbocycles. The number of carbonyl (C=O) groups excluding carboxylic acids is 1. The summed E-state index contributed by atoms with van der Waals surface area (Å²) in [6, 6.07) is 0. The molecule has 0 aliphatic carbocycles. The Kier molecular flexibility index (Phi) is 5.28. The minimum atomic E-state index is -2.77. The molecule has 12 heavy (non-hydrogen) atoms. The van der Waals surface area contributed by atoms with E-state index in [1.54, 1.807) is 0 Å². The molecular formula is C6H7O5S-. The average Bonchev–Trinajstić information content (AvgIpc) is 2.01. The molecule has 2 unspecified atom stereocenters. The zero-order chi connectivity index (χ0) is 9.56. The molecule has 0 aromatic carbocycles. The third-order valence-corrected chi connectivity index (χ3v) is 1.22. The van der Waals surface area contributed by atoms with Gasteiger partial charge in [0.15, 0.2) is 0 Å². The van der Waals surface area contributed by atoms with Gasteiger partial charge in [0.25, 0.3) is 0 Å². The Hall–Kier alpha value is -0.900. The van der Waals surface area contributed by atoms with Crippen molar-refractivity contribution in [3.8, 4) is 11.8 Å². The highest BCUT2D eigenvalue weighted by atomic mass is 32.2. The van der Waals surface area contributed by atoms with Gasteiger partial charge in [-0.3, -0.25) is 4.18 Å². The van der Waals surface area contributed by atoms with Crippen molar-refractivity contribution in [3.05, 3.63) is 0 Å². The highest BCUT2D eigenvalue weighted by molar-refractivity contribution is 7.74. The van der Waals surface area contributed by atoms with Crippen LogP contribution in [0.15, 0.2) is 0 Å². The van der Waals surface area contributed by atoms with E-state index in [1.807, 2.05) is 0 Å². The van der Waals surface area contributed by atoms with Crippen LogP contribution in [0, 0.1) is 11.8 Å². The molecule has 0 fully saturated rings. The fourth-order valence-corrected chi connectivity index (χ4v) is 0.723. The summed E-state index contributed by atoms with van der Waals surface area (Å²) in [7, 11) is 1.11. The molecule has 0 saturated heterocycles. The number of ether oxygens (including phenoxy) is 1. The van der Waals surface area contributed by atoms with Crippen molar-refractivity contribution in [1.29, 1.82) is 0 Å². The lowest BCUT2D eigenvalue weighted by Gasteiger charge is -2.10. The van der Waals surface area contributed by atoms with E-state index in [0.717, 1.165) is 7.11 Å². The molecule has 0 bridgehead atoms. The van der Waals surface area contributed by atoms with Gasteiger partial charge in [-0.05, 0) is 6.92 Å². The van der Waals surface area contributed by atoms with Crippen molar-refractivity contribution in [2.45, 2.75) is 13.0 Å². The van der Waals surface area contributed by atoms with Gasteiger partial charge in [0.1, 0.15) is 0 Å². The van der Waals surface area contributed by atoms with Crippen LogP contribution in [0.1, 0.15) is 6.92 Å². The van der Waals surface area contributed by atoms with Crippen LogP contribution >= 0.6 is 0 Å². The van der Waals surface area contributed by atoms with Crippen LogP contribution in [-0.2, 0) is 25.1 Å². The van der Waals surface area contributed by atoms with E-state index in [1.165, 1.54) is 6.92 Å². The maximum absolute atomic E-state index is 10.7. The number of carbonyl (C=O) groups is 1. The Morgan fingerprint density at radius 1 is 1.67 bits per heavy atom. The topological polar surface area (TPSA) is 75.7 Å². The number of hydrogen-bond donors (Lipinski definition) is 0. The van der Waals surface area contributed by atoms with Crippen LogP contribution in [-0.4, -0.2) is 27.9 Å². The second-order valence-electron chi connectivity index (χ2n) is 1.60. The van der Waals surface area contributed by atoms with E-state index in [2.05, 4.69) is 20.8 Å². The van der Waals surface area contributed by atoms with E-state index in [0.29, 0.717) is 0 Å². The number of rotatable bonds is 3. The predicted octanol–water partition coefficient (Wildman–Crippen LogP) is -0.638. The standard InChI is InChI=1S/C6H8O5S/c1-3-4-5(6(7)10-2)11-12(8)9/h5H,1-2H3,(H,8,9)/p-1. The van der Waals surface area contributed by atoms with Crippen molar-refractivity contribution >= 4 is 17.3 Å². The van der Waals surface area contributed by atoms with Crippen molar-refractivity contribution < 1.29 is 22.5 Å². The Bertz CT molecular complexity index is 238. The maximum Gasteiger partial charge on any atom is 0.349 e. The molecule has 0 aromatic heterocycles. The second-order valence-corrected chi connectivity index (χ2v) is 2.20. The molecule has 0 rings (SSSR count). The smallest absolute Gasteiger partial charge is 0.349 e. The molecule has 0 heterocycles. The fraction of sp³-hybridized carbons (Fsp3) is 0.500. The first-order valence-corrected chi connectivity index (χ1v) is 3.88. The predicted molar refractivity (Wildman–Crippen MR) is 39.3 cm³/mol. The summed E-state index contributed by atoms with van der Waals surface area (Å²) in [6.07, 6.45) is -1.36. The lowest BCUT2D eigenvalue weighted by atomic mass is 10.4. The monoisotopic (exact) mass is 191 g/mol. The van der Waals surface area contributed by atoms with Crippen LogP contribution in [0.25, 0.3) is 0 Å². The van der Waals surface area contributed by atoms with E-state index >= 15 is 0 Å². The lowest BCUT2D eigenvalue weighted by molar-refractivity contribution is -0.146. The lowest BCUT2D eigenvalue weighted by Crippen LogP contribution is -2.24. The summed E-state index contributed by atoms with van der Waals surface area (Å²) in [6.45, 7) is 1.45. The van der Waals surface area contributed by atoms with Crippen molar-refractivity contribution in [3.63, 3.8) is 0 Å². The molecule has 0 spiro atoms. The summed E-state index contributed by atoms with van der Waals surface area (Å²) in [5.41, 5.74) is 0. The Labute approximate surface area is 72.5 Å². The first kappa shape index (κ1) is 11.1. The fourth-order valence-electron chi connectivity index (χ4n) is 0.439. The Morgan fingerprint density at radius 2 is 2.25 bits per heavy atom. The van der Waals surface area contributed by atoms with Crippen LogP contribution in [0.3, 0.4) is 0 Å². The molecule has 6 heteroatoms. The molecule has 0 aliphatic heterocycles. The van der Waals surface area contributed by atoms with E-state index in [9.17, 15) is 13.6 Å². The molecular weight excluding hydrogens is 184 g/mol. The van der Waals surface area contributed by atoms with Gasteiger partial charge >= 0.3 is 5.97 Å². The molecule has 0 aromatic rings. The summed E-state index contributed by atoms with van der Waals surface area (Å²) >= 11 is -2.77. The minimum absolute atomic E-state index is 0.839. The molecule has 0 aliphatic rings. The summed E-state index contributed by atoms with van der Waals surface area (Å²) in [5.74, 6) is 3.72. The van der Waals surface area contributed by atoms with Crippen LogP contribution in [0.2, 0.25) is 0 Å². The van der Waals surface area contributed by atoms with E-state index < -0.39 is 23.4 Å². The third kappa shape index (κ3) is 4.08. The Morgan fingerprint density at radius 3 is 2.58 bits per heavy atom. The largest absolute Gasteiger partial charge is 0.750 e. The Balaban J connectivity index is 4.29.